The van der Waals surface area contributed by atoms with Crippen molar-refractivity contribution in [3.05, 3.63) is 43.4 Å². The number of aliphatic hydroxyl groups excluding tert-OH is 1. The number of H-pyrrole nitrogens is 1. The summed E-state index contributed by atoms with van der Waals surface area (Å²) in [6.07, 6.45) is -1.03. The molecular formula is C15H10N2O7. The number of aromatic hydroxyl groups is 1. The lowest BCUT2D eigenvalue weighted by atomic mass is 10.1. The van der Waals surface area contributed by atoms with Crippen molar-refractivity contribution in [2.24, 2.45) is 0 Å². The number of hydrogen-bond acceptors (Lipinski definition) is 7. The second kappa shape index (κ2) is 5.23. The Balaban J connectivity index is 2.61. The molecule has 0 atom stereocenters. The number of carboxylic acid groups (broad SMARTS) is 1. The first-order valence-electron chi connectivity index (χ1n) is 6.62. The lowest BCUT2D eigenvalue weighted by molar-refractivity contribution is 0.145. The van der Waals surface area contributed by atoms with Crippen LogP contribution in [0.3, 0.4) is 0 Å². The van der Waals surface area contributed by atoms with Gasteiger partial charge in [0.25, 0.3) is 0 Å². The number of carbonyl (C=O) groups is 1. The predicted octanol–water partition coefficient (Wildman–Crippen LogP) is 0.522. The number of aromatic nitrogens is 2. The van der Waals surface area contributed by atoms with E-state index in [1.165, 1.54) is 6.92 Å². The van der Waals surface area contributed by atoms with E-state index in [9.17, 15) is 24.6 Å². The molecule has 3 aromatic rings. The molecule has 122 valence electrons. The van der Waals surface area contributed by atoms with Gasteiger partial charge in [-0.05, 0) is 19.1 Å². The number of fused-ring (bicyclic) bond motifs is 2. The second-order valence-corrected chi connectivity index (χ2v) is 4.96. The van der Waals surface area contributed by atoms with Crippen molar-refractivity contribution in [3.63, 3.8) is 0 Å². The maximum Gasteiger partial charge on any atom is 0.511 e. The number of phenols is 1. The number of nitrogens with zero attached hydrogens (tertiary/aromatic N) is 1. The van der Waals surface area contributed by atoms with Gasteiger partial charge in [0.15, 0.2) is 5.75 Å². The van der Waals surface area contributed by atoms with Crippen LogP contribution in [-0.2, 0) is 0 Å². The number of rotatable bonds is 1. The predicted molar refractivity (Wildman–Crippen MR) is 83.5 cm³/mol. The normalized spacial score (nSPS) is 12.0. The lowest BCUT2D eigenvalue weighted by Gasteiger charge is -2.08. The molecule has 0 aliphatic rings. The molecule has 2 aromatic carbocycles. The molecule has 1 aromatic heterocycles. The Labute approximate surface area is 132 Å². The Kier molecular flexibility index (Phi) is 3.33. The average Bonchev–Trinajstić information content (AvgIpc) is 2.55. The van der Waals surface area contributed by atoms with E-state index in [1.807, 2.05) is 0 Å². The fraction of sp³-hybridized carbons (Fsp3) is 0.0667. The van der Waals surface area contributed by atoms with Gasteiger partial charge in [-0.25, -0.2) is 9.78 Å². The first kappa shape index (κ1) is 15.3. The third-order valence-electron chi connectivity index (χ3n) is 3.57. The molecule has 3 rings (SSSR count). The standard InChI is InChI=1S/C15H10N2O7/c1-5-13(20)6(4-18)9-12(14(5)21)17-11-8(24-15(22)23)3-2-7(19)10(11)16-9/h2-4,17-18,20H,1H3,(H,22,23). The number of nitrogens with one attached hydrogen (secondary N) is 1. The molecule has 0 bridgehead atoms. The zero-order valence-corrected chi connectivity index (χ0v) is 12.2. The van der Waals surface area contributed by atoms with E-state index in [-0.39, 0.29) is 38.6 Å². The van der Waals surface area contributed by atoms with Gasteiger partial charge in [0.05, 0.1) is 11.5 Å². The van der Waals surface area contributed by atoms with Gasteiger partial charge in [0.2, 0.25) is 10.9 Å². The highest BCUT2D eigenvalue weighted by atomic mass is 16.7. The van der Waals surface area contributed by atoms with Crippen LogP contribution in [0.15, 0.2) is 21.7 Å². The van der Waals surface area contributed by atoms with Crippen LogP contribution >= 0.6 is 0 Å². The molecular weight excluding hydrogens is 320 g/mol. The second-order valence-electron chi connectivity index (χ2n) is 4.96. The van der Waals surface area contributed by atoms with Crippen molar-refractivity contribution in [2.45, 2.75) is 6.92 Å². The summed E-state index contributed by atoms with van der Waals surface area (Å²) in [5.41, 5.74) is -1.73. The SMILES string of the molecule is Cc1c(O)c(=CO)c2nc3c(=O)ccc(OC(=O)O)c3[nH]c2c1=O. The van der Waals surface area contributed by atoms with Crippen LogP contribution in [0.4, 0.5) is 4.79 Å². The number of phenolic OH excluding ortho intramolecular Hbond substituents is 1. The summed E-state index contributed by atoms with van der Waals surface area (Å²) in [7, 11) is 0. The van der Waals surface area contributed by atoms with Gasteiger partial charge >= 0.3 is 6.16 Å². The fourth-order valence-corrected chi connectivity index (χ4v) is 2.41. The molecule has 9 heteroatoms. The maximum absolute atomic E-state index is 12.3. The van der Waals surface area contributed by atoms with Crippen molar-refractivity contribution < 1.29 is 24.9 Å². The summed E-state index contributed by atoms with van der Waals surface area (Å²) in [5, 5.41) is 27.9. The van der Waals surface area contributed by atoms with Crippen molar-refractivity contribution in [1.29, 1.82) is 0 Å². The summed E-state index contributed by atoms with van der Waals surface area (Å²) in [6, 6.07) is 2.20. The van der Waals surface area contributed by atoms with Crippen molar-refractivity contribution in [1.82, 2.24) is 9.97 Å². The van der Waals surface area contributed by atoms with Crippen LogP contribution in [0.2, 0.25) is 0 Å². The molecule has 1 heterocycles. The minimum atomic E-state index is -1.60. The van der Waals surface area contributed by atoms with Gasteiger partial charge in [-0.15, -0.1) is 0 Å². The zero-order chi connectivity index (χ0) is 17.6. The van der Waals surface area contributed by atoms with Crippen LogP contribution in [-0.4, -0.2) is 31.4 Å². The lowest BCUT2D eigenvalue weighted by Crippen LogP contribution is -2.20. The Bertz CT molecular complexity index is 1180. The topological polar surface area (TPSA) is 150 Å². The Morgan fingerprint density at radius 1 is 1.25 bits per heavy atom. The third kappa shape index (κ3) is 2.10. The first-order chi connectivity index (χ1) is 11.3. The molecule has 9 nitrogen and oxygen atoms in total. The highest BCUT2D eigenvalue weighted by Gasteiger charge is 2.17. The molecule has 24 heavy (non-hydrogen) atoms. The van der Waals surface area contributed by atoms with Crippen molar-refractivity contribution >= 4 is 34.5 Å². The summed E-state index contributed by atoms with van der Waals surface area (Å²) in [5.74, 6) is -0.660. The molecule has 0 fully saturated rings. The highest BCUT2D eigenvalue weighted by Crippen LogP contribution is 2.22. The Morgan fingerprint density at radius 3 is 2.58 bits per heavy atom. The van der Waals surface area contributed by atoms with Gasteiger partial charge < -0.3 is 25.0 Å². The summed E-state index contributed by atoms with van der Waals surface area (Å²) in [4.78, 5) is 41.7. The molecule has 0 saturated carbocycles. The molecule has 0 unspecified atom stereocenters. The number of hydrogen-bond donors (Lipinski definition) is 4. The summed E-state index contributed by atoms with van der Waals surface area (Å²) < 4.78 is 4.58. The van der Waals surface area contributed by atoms with E-state index in [0.29, 0.717) is 6.26 Å². The molecule has 0 aliphatic carbocycles. The van der Waals surface area contributed by atoms with Crippen LogP contribution in [0.25, 0.3) is 28.3 Å². The van der Waals surface area contributed by atoms with E-state index in [4.69, 9.17) is 5.11 Å². The van der Waals surface area contributed by atoms with E-state index in [1.54, 1.807) is 0 Å². The maximum atomic E-state index is 12.3. The Morgan fingerprint density at radius 2 is 1.96 bits per heavy atom. The smallest absolute Gasteiger partial charge is 0.511 e. The van der Waals surface area contributed by atoms with Gasteiger partial charge in [-0.1, -0.05) is 0 Å². The number of aliphatic hydroxyl groups is 1. The minimum Gasteiger partial charge on any atom is -0.515 e. The third-order valence-corrected chi connectivity index (χ3v) is 3.57. The largest absolute Gasteiger partial charge is 0.515 e. The van der Waals surface area contributed by atoms with Crippen LogP contribution in [0.5, 0.6) is 11.5 Å². The fourth-order valence-electron chi connectivity index (χ4n) is 2.41. The number of aromatic amines is 1. The zero-order valence-electron chi connectivity index (χ0n) is 12.2. The molecule has 0 aliphatic heterocycles. The van der Waals surface area contributed by atoms with Crippen molar-refractivity contribution in [3.8, 4) is 11.5 Å². The van der Waals surface area contributed by atoms with E-state index >= 15 is 0 Å². The summed E-state index contributed by atoms with van der Waals surface area (Å²) in [6.45, 7) is 1.35. The van der Waals surface area contributed by atoms with E-state index in [0.717, 1.165) is 12.1 Å². The summed E-state index contributed by atoms with van der Waals surface area (Å²) >= 11 is 0. The van der Waals surface area contributed by atoms with Gasteiger partial charge in [0, 0.05) is 5.56 Å². The monoisotopic (exact) mass is 330 g/mol. The molecule has 4 N–H and O–H groups in total. The van der Waals surface area contributed by atoms with Crippen LogP contribution in [0.1, 0.15) is 5.56 Å². The minimum absolute atomic E-state index is 0.0424. The average molecular weight is 330 g/mol. The van der Waals surface area contributed by atoms with E-state index in [2.05, 4.69) is 14.7 Å². The Hall–Kier alpha value is -3.62. The van der Waals surface area contributed by atoms with Crippen LogP contribution in [0, 0.1) is 6.92 Å². The van der Waals surface area contributed by atoms with E-state index < -0.39 is 22.8 Å². The van der Waals surface area contributed by atoms with Gasteiger partial charge in [0.1, 0.15) is 27.8 Å². The molecule has 0 saturated heterocycles. The van der Waals surface area contributed by atoms with Crippen LogP contribution < -0.4 is 20.8 Å². The quantitative estimate of drug-likeness (QED) is 0.286. The van der Waals surface area contributed by atoms with Gasteiger partial charge in [-0.3, -0.25) is 9.59 Å². The number of benzene rings is 2. The highest BCUT2D eigenvalue weighted by molar-refractivity contribution is 5.91. The van der Waals surface area contributed by atoms with Crippen molar-refractivity contribution in [2.75, 3.05) is 0 Å². The molecule has 0 spiro atoms. The molecule has 0 radical (unpaired) electrons. The molecule has 0 amide bonds. The first-order valence-corrected chi connectivity index (χ1v) is 6.62. The van der Waals surface area contributed by atoms with Gasteiger partial charge in [-0.2, -0.15) is 0 Å². The number of ether oxygens (including phenoxy) is 1.